The summed E-state index contributed by atoms with van der Waals surface area (Å²) in [5.74, 6) is 0.107. The fraction of sp³-hybridized carbons (Fsp3) is 1.00. The molecule has 0 radical (unpaired) electrons. The summed E-state index contributed by atoms with van der Waals surface area (Å²) < 4.78 is 36.8. The lowest BCUT2D eigenvalue weighted by Gasteiger charge is -2.51. The lowest BCUT2D eigenvalue weighted by atomic mass is 9.82. The molecule has 1 fully saturated rings. The maximum atomic E-state index is 12.3. The summed E-state index contributed by atoms with van der Waals surface area (Å²) in [4.78, 5) is 2.23. The first-order chi connectivity index (χ1) is 8.98. The van der Waals surface area contributed by atoms with Gasteiger partial charge in [-0.25, -0.2) is 0 Å². The Bertz CT molecular complexity index is 315. The predicted octanol–water partition coefficient (Wildman–Crippen LogP) is 3.73. The predicted molar refractivity (Wildman–Crippen MR) is 80.0 cm³/mol. The molecular weight excluding hydrogens is 285 g/mol. The van der Waals surface area contributed by atoms with Gasteiger partial charge >= 0.3 is 5.51 Å². The largest absolute Gasteiger partial charge is 0.441 e. The summed E-state index contributed by atoms with van der Waals surface area (Å²) in [6.45, 7) is 12.9. The van der Waals surface area contributed by atoms with Crippen LogP contribution in [0.15, 0.2) is 0 Å². The van der Waals surface area contributed by atoms with Crippen molar-refractivity contribution in [1.29, 1.82) is 0 Å². The number of alkyl halides is 3. The van der Waals surface area contributed by atoms with Crippen LogP contribution in [0, 0.1) is 5.41 Å². The molecule has 0 aliphatic carbocycles. The summed E-state index contributed by atoms with van der Waals surface area (Å²) in [7, 11) is 0. The van der Waals surface area contributed by atoms with Crippen LogP contribution in [0.5, 0.6) is 0 Å². The maximum Gasteiger partial charge on any atom is 0.441 e. The minimum atomic E-state index is -4.12. The number of nitrogens with zero attached hydrogens (tertiary/aromatic N) is 1. The Morgan fingerprint density at radius 1 is 1.30 bits per heavy atom. The van der Waals surface area contributed by atoms with Gasteiger partial charge in [0.15, 0.2) is 0 Å². The molecule has 0 aromatic heterocycles. The van der Waals surface area contributed by atoms with Gasteiger partial charge in [0.1, 0.15) is 0 Å². The Kier molecular flexibility index (Phi) is 5.83. The Hall–Kier alpha value is 0.0600. The van der Waals surface area contributed by atoms with Crippen molar-refractivity contribution in [2.24, 2.45) is 5.41 Å². The second-order valence-corrected chi connectivity index (χ2v) is 8.05. The zero-order valence-corrected chi connectivity index (χ0v) is 13.9. The topological polar surface area (TPSA) is 15.3 Å². The molecule has 0 aromatic rings. The van der Waals surface area contributed by atoms with E-state index in [4.69, 9.17) is 0 Å². The number of nitrogens with one attached hydrogen (secondary N) is 1. The van der Waals surface area contributed by atoms with Gasteiger partial charge in [0, 0.05) is 37.0 Å². The van der Waals surface area contributed by atoms with E-state index in [-0.39, 0.29) is 28.5 Å². The number of hydrogen-bond acceptors (Lipinski definition) is 3. The van der Waals surface area contributed by atoms with E-state index in [9.17, 15) is 13.2 Å². The van der Waals surface area contributed by atoms with Gasteiger partial charge in [-0.3, -0.25) is 4.90 Å². The highest BCUT2D eigenvalue weighted by atomic mass is 32.2. The molecule has 1 aliphatic rings. The summed E-state index contributed by atoms with van der Waals surface area (Å²) in [5.41, 5.74) is -4.06. The molecule has 0 amide bonds. The number of thioether (sulfide) groups is 1. The molecule has 0 saturated carbocycles. The molecular formula is C14H27F3N2S. The van der Waals surface area contributed by atoms with Crippen LogP contribution in [0.3, 0.4) is 0 Å². The third kappa shape index (κ3) is 5.11. The van der Waals surface area contributed by atoms with Gasteiger partial charge in [0.05, 0.1) is 0 Å². The number of halogens is 3. The zero-order chi connectivity index (χ0) is 15.6. The van der Waals surface area contributed by atoms with Crippen molar-refractivity contribution < 1.29 is 13.2 Å². The standard InChI is InChI=1S/C14H27F3N2S/c1-6-13(5)10-18-11(12(2,3)4)9-19(13)7-8-20-14(15,16)17/h11,18H,6-10H2,1-5H3. The first kappa shape index (κ1) is 18.1. The molecule has 0 spiro atoms. The third-order valence-corrected chi connectivity index (χ3v) is 5.04. The monoisotopic (exact) mass is 312 g/mol. The fourth-order valence-corrected chi connectivity index (χ4v) is 3.06. The van der Waals surface area contributed by atoms with Crippen molar-refractivity contribution in [3.63, 3.8) is 0 Å². The van der Waals surface area contributed by atoms with Gasteiger partial charge < -0.3 is 5.32 Å². The van der Waals surface area contributed by atoms with Crippen molar-refractivity contribution in [3.05, 3.63) is 0 Å². The second kappa shape index (κ2) is 6.44. The van der Waals surface area contributed by atoms with Crippen molar-refractivity contribution in [2.45, 2.75) is 58.1 Å². The Morgan fingerprint density at radius 3 is 2.35 bits per heavy atom. The zero-order valence-electron chi connectivity index (χ0n) is 13.1. The smallest absolute Gasteiger partial charge is 0.310 e. The molecule has 1 heterocycles. The van der Waals surface area contributed by atoms with Crippen molar-refractivity contribution >= 4 is 11.8 Å². The normalized spacial score (nSPS) is 29.7. The average Bonchev–Trinajstić information content (AvgIpc) is 2.28. The minimum Gasteiger partial charge on any atom is -0.310 e. The Labute approximate surface area is 124 Å². The fourth-order valence-electron chi connectivity index (χ4n) is 2.52. The summed E-state index contributed by atoms with van der Waals surface area (Å²) in [6.07, 6.45) is 0.938. The summed E-state index contributed by atoms with van der Waals surface area (Å²) in [5, 5.41) is 3.57. The molecule has 2 nitrogen and oxygen atoms in total. The molecule has 1 aliphatic heterocycles. The van der Waals surface area contributed by atoms with Crippen LogP contribution >= 0.6 is 11.8 Å². The van der Waals surface area contributed by atoms with E-state index in [1.807, 2.05) is 0 Å². The van der Waals surface area contributed by atoms with Crippen LogP contribution in [-0.4, -0.2) is 47.4 Å². The van der Waals surface area contributed by atoms with Crippen molar-refractivity contribution in [1.82, 2.24) is 10.2 Å². The van der Waals surface area contributed by atoms with Gasteiger partial charge in [0.25, 0.3) is 0 Å². The van der Waals surface area contributed by atoms with Gasteiger partial charge in [0.2, 0.25) is 0 Å². The molecule has 1 rings (SSSR count). The van der Waals surface area contributed by atoms with Crippen molar-refractivity contribution in [3.8, 4) is 0 Å². The number of hydrogen-bond donors (Lipinski definition) is 1. The number of piperazine rings is 1. The highest BCUT2D eigenvalue weighted by Crippen LogP contribution is 2.33. The van der Waals surface area contributed by atoms with E-state index in [2.05, 4.69) is 44.8 Å². The van der Waals surface area contributed by atoms with Crippen LogP contribution in [-0.2, 0) is 0 Å². The molecule has 120 valence electrons. The first-order valence-electron chi connectivity index (χ1n) is 7.17. The van der Waals surface area contributed by atoms with E-state index in [0.717, 1.165) is 19.5 Å². The van der Waals surface area contributed by atoms with E-state index in [0.29, 0.717) is 12.6 Å². The van der Waals surface area contributed by atoms with E-state index in [1.54, 1.807) is 0 Å². The molecule has 20 heavy (non-hydrogen) atoms. The minimum absolute atomic E-state index is 0.0477. The lowest BCUT2D eigenvalue weighted by Crippen LogP contribution is -2.66. The van der Waals surface area contributed by atoms with Crippen LogP contribution in [0.25, 0.3) is 0 Å². The lowest BCUT2D eigenvalue weighted by molar-refractivity contribution is -0.0333. The van der Waals surface area contributed by atoms with Crippen LogP contribution in [0.2, 0.25) is 0 Å². The van der Waals surface area contributed by atoms with Crippen molar-refractivity contribution in [2.75, 3.05) is 25.4 Å². The van der Waals surface area contributed by atoms with E-state index < -0.39 is 5.51 Å². The summed E-state index contributed by atoms with van der Waals surface area (Å²) in [6, 6.07) is 0.318. The third-order valence-electron chi connectivity index (χ3n) is 4.33. The van der Waals surface area contributed by atoms with E-state index in [1.165, 1.54) is 0 Å². The molecule has 6 heteroatoms. The van der Waals surface area contributed by atoms with Gasteiger partial charge in [-0.05, 0) is 30.5 Å². The Balaban J connectivity index is 2.65. The molecule has 0 aromatic carbocycles. The van der Waals surface area contributed by atoms with Gasteiger partial charge in [-0.2, -0.15) is 13.2 Å². The highest BCUT2D eigenvalue weighted by molar-refractivity contribution is 8.00. The van der Waals surface area contributed by atoms with E-state index >= 15 is 0 Å². The van der Waals surface area contributed by atoms with Gasteiger partial charge in [-0.15, -0.1) is 0 Å². The highest BCUT2D eigenvalue weighted by Gasteiger charge is 2.40. The molecule has 2 unspecified atom stereocenters. The van der Waals surface area contributed by atoms with Crippen LogP contribution in [0.1, 0.15) is 41.0 Å². The van der Waals surface area contributed by atoms with Crippen LogP contribution < -0.4 is 5.32 Å². The second-order valence-electron chi connectivity index (χ2n) is 6.89. The first-order valence-corrected chi connectivity index (χ1v) is 8.15. The Morgan fingerprint density at radius 2 is 1.90 bits per heavy atom. The number of rotatable bonds is 4. The maximum absolute atomic E-state index is 12.3. The SMILES string of the molecule is CCC1(C)CNC(C(C)(C)C)CN1CCSC(F)(F)F. The average molecular weight is 312 g/mol. The summed E-state index contributed by atoms with van der Waals surface area (Å²) >= 11 is 0.0851. The molecule has 0 bridgehead atoms. The molecule has 2 atom stereocenters. The quantitative estimate of drug-likeness (QED) is 0.851. The van der Waals surface area contributed by atoms with Crippen LogP contribution in [0.4, 0.5) is 13.2 Å². The molecule has 1 N–H and O–H groups in total. The molecule has 1 saturated heterocycles. The van der Waals surface area contributed by atoms with Gasteiger partial charge in [-0.1, -0.05) is 27.7 Å².